The molecule has 1 N–H and O–H groups in total. The van der Waals surface area contributed by atoms with E-state index in [2.05, 4.69) is 31.4 Å². The van der Waals surface area contributed by atoms with E-state index in [9.17, 15) is 0 Å². The van der Waals surface area contributed by atoms with Gasteiger partial charge in [0.15, 0.2) is 5.82 Å². The van der Waals surface area contributed by atoms with Crippen molar-refractivity contribution in [3.05, 3.63) is 21.7 Å². The number of rotatable bonds is 3. The molecule has 0 saturated carbocycles. The summed E-state index contributed by atoms with van der Waals surface area (Å²) >= 11 is 5.09. The summed E-state index contributed by atoms with van der Waals surface area (Å²) in [5.41, 5.74) is 0. The van der Waals surface area contributed by atoms with E-state index in [0.29, 0.717) is 11.8 Å². The number of hydrogen-bond acceptors (Lipinski definition) is 5. The van der Waals surface area contributed by atoms with E-state index < -0.39 is 0 Å². The summed E-state index contributed by atoms with van der Waals surface area (Å²) in [6.45, 7) is 2.20. The topological polar surface area (TPSA) is 51.0 Å². The lowest BCUT2D eigenvalue weighted by Crippen LogP contribution is -2.31. The first kappa shape index (κ1) is 12.3. The highest BCUT2D eigenvalue weighted by Gasteiger charge is 2.18. The molecule has 0 aliphatic carbocycles. The normalized spacial score (nSPS) is 20.2. The van der Waals surface area contributed by atoms with Gasteiger partial charge < -0.3 is 9.84 Å². The van der Waals surface area contributed by atoms with Crippen LogP contribution in [0.2, 0.25) is 0 Å². The monoisotopic (exact) mass is 327 g/mol. The van der Waals surface area contributed by atoms with E-state index in [0.717, 1.165) is 34.7 Å². The molecule has 2 aromatic rings. The molecule has 6 heteroatoms. The van der Waals surface area contributed by atoms with E-state index in [4.69, 9.17) is 4.52 Å². The molecule has 0 amide bonds. The Kier molecular flexibility index (Phi) is 3.77. The molecule has 4 nitrogen and oxygen atoms in total. The number of piperidine rings is 1. The maximum absolute atomic E-state index is 5.33. The zero-order valence-electron chi connectivity index (χ0n) is 9.86. The van der Waals surface area contributed by atoms with Gasteiger partial charge in [0.2, 0.25) is 0 Å². The third kappa shape index (κ3) is 2.65. The van der Waals surface area contributed by atoms with Crippen molar-refractivity contribution < 1.29 is 4.52 Å². The molecule has 1 aliphatic heterocycles. The van der Waals surface area contributed by atoms with Crippen LogP contribution in [0.3, 0.4) is 0 Å². The van der Waals surface area contributed by atoms with Crippen molar-refractivity contribution in [3.8, 4) is 10.8 Å². The molecular weight excluding hydrogens is 314 g/mol. The van der Waals surface area contributed by atoms with Gasteiger partial charge in [0.25, 0.3) is 5.89 Å². The minimum absolute atomic E-state index is 0.621. The number of nitrogens with zero attached hydrogens (tertiary/aromatic N) is 2. The molecule has 1 saturated heterocycles. The third-order valence-corrected chi connectivity index (χ3v) is 4.98. The second kappa shape index (κ2) is 5.50. The molecule has 1 unspecified atom stereocenters. The van der Waals surface area contributed by atoms with Crippen molar-refractivity contribution >= 4 is 27.3 Å². The van der Waals surface area contributed by atoms with Gasteiger partial charge in [0.05, 0.1) is 0 Å². The minimum Gasteiger partial charge on any atom is -0.333 e. The Bertz CT molecular complexity index is 519. The summed E-state index contributed by atoms with van der Waals surface area (Å²) < 4.78 is 6.35. The Labute approximate surface area is 118 Å². The van der Waals surface area contributed by atoms with Crippen molar-refractivity contribution in [2.45, 2.75) is 19.3 Å². The molecule has 96 valence electrons. The molecule has 3 heterocycles. The Morgan fingerprint density at radius 1 is 1.56 bits per heavy atom. The molecule has 3 rings (SSSR count). The van der Waals surface area contributed by atoms with Crippen molar-refractivity contribution in [2.24, 2.45) is 5.92 Å². The zero-order valence-corrected chi connectivity index (χ0v) is 12.3. The van der Waals surface area contributed by atoms with Crippen LogP contribution >= 0.6 is 27.3 Å². The lowest BCUT2D eigenvalue weighted by atomic mass is 9.96. The van der Waals surface area contributed by atoms with E-state index in [-0.39, 0.29) is 0 Å². The summed E-state index contributed by atoms with van der Waals surface area (Å²) in [7, 11) is 0. The summed E-state index contributed by atoms with van der Waals surface area (Å²) in [5, 5.41) is 9.49. The number of hydrogen-bond donors (Lipinski definition) is 1. The maximum atomic E-state index is 5.33. The highest BCUT2D eigenvalue weighted by atomic mass is 79.9. The van der Waals surface area contributed by atoms with Crippen LogP contribution in [0.4, 0.5) is 0 Å². The van der Waals surface area contributed by atoms with Crippen LogP contribution in [0.25, 0.3) is 10.8 Å². The van der Waals surface area contributed by atoms with Crippen molar-refractivity contribution in [3.63, 3.8) is 0 Å². The van der Waals surface area contributed by atoms with Gasteiger partial charge in [-0.05, 0) is 59.2 Å². The van der Waals surface area contributed by atoms with Crippen LogP contribution in [-0.4, -0.2) is 23.2 Å². The van der Waals surface area contributed by atoms with Gasteiger partial charge in [-0.2, -0.15) is 4.98 Å². The van der Waals surface area contributed by atoms with Crippen LogP contribution in [0.5, 0.6) is 0 Å². The average Bonchev–Trinajstić information content (AvgIpc) is 2.99. The molecule has 0 aromatic carbocycles. The first-order chi connectivity index (χ1) is 8.83. The Morgan fingerprint density at radius 3 is 3.22 bits per heavy atom. The van der Waals surface area contributed by atoms with Crippen LogP contribution in [0.15, 0.2) is 20.4 Å². The first-order valence-corrected chi connectivity index (χ1v) is 7.77. The fourth-order valence-electron chi connectivity index (χ4n) is 2.23. The van der Waals surface area contributed by atoms with E-state index in [1.807, 2.05) is 11.4 Å². The highest BCUT2D eigenvalue weighted by Crippen LogP contribution is 2.32. The molecular formula is C12H14BrN3OS. The van der Waals surface area contributed by atoms with Crippen molar-refractivity contribution in [2.75, 3.05) is 13.1 Å². The SMILES string of the molecule is Brc1ccsc1-c1nc(CC2CCCNC2)no1. The fraction of sp³-hybridized carbons (Fsp3) is 0.500. The second-order valence-electron chi connectivity index (χ2n) is 4.53. The number of thiophene rings is 1. The second-order valence-corrected chi connectivity index (χ2v) is 6.30. The quantitative estimate of drug-likeness (QED) is 0.941. The van der Waals surface area contributed by atoms with Gasteiger partial charge in [0.1, 0.15) is 4.88 Å². The maximum Gasteiger partial charge on any atom is 0.269 e. The predicted octanol–water partition coefficient (Wildman–Crippen LogP) is 3.10. The van der Waals surface area contributed by atoms with Crippen molar-refractivity contribution in [1.29, 1.82) is 0 Å². The molecule has 18 heavy (non-hydrogen) atoms. The van der Waals surface area contributed by atoms with Crippen LogP contribution in [0, 0.1) is 5.92 Å². The van der Waals surface area contributed by atoms with Crippen LogP contribution in [-0.2, 0) is 6.42 Å². The first-order valence-electron chi connectivity index (χ1n) is 6.09. The molecule has 0 bridgehead atoms. The largest absolute Gasteiger partial charge is 0.333 e. The molecule has 2 aromatic heterocycles. The third-order valence-electron chi connectivity index (χ3n) is 3.15. The fourth-order valence-corrected chi connectivity index (χ4v) is 3.69. The number of halogens is 1. The number of aromatic nitrogens is 2. The smallest absolute Gasteiger partial charge is 0.269 e. The van der Waals surface area contributed by atoms with Gasteiger partial charge in [-0.15, -0.1) is 11.3 Å². The van der Waals surface area contributed by atoms with E-state index >= 15 is 0 Å². The van der Waals surface area contributed by atoms with Gasteiger partial charge in [-0.3, -0.25) is 0 Å². The van der Waals surface area contributed by atoms with Gasteiger partial charge >= 0.3 is 0 Å². The zero-order chi connectivity index (χ0) is 12.4. The van der Waals surface area contributed by atoms with Gasteiger partial charge in [-0.1, -0.05) is 5.16 Å². The average molecular weight is 328 g/mol. The molecule has 1 atom stereocenters. The summed E-state index contributed by atoms with van der Waals surface area (Å²) in [6, 6.07) is 1.99. The molecule has 0 radical (unpaired) electrons. The summed E-state index contributed by atoms with van der Waals surface area (Å²) in [4.78, 5) is 5.49. The van der Waals surface area contributed by atoms with E-state index in [1.165, 1.54) is 12.8 Å². The lowest BCUT2D eigenvalue weighted by molar-refractivity contribution is 0.360. The van der Waals surface area contributed by atoms with Crippen LogP contribution < -0.4 is 5.32 Å². The summed E-state index contributed by atoms with van der Waals surface area (Å²) in [6.07, 6.45) is 3.39. The molecule has 1 fully saturated rings. The van der Waals surface area contributed by atoms with Crippen LogP contribution in [0.1, 0.15) is 18.7 Å². The standard InChI is InChI=1S/C12H14BrN3OS/c13-9-3-5-18-11(9)12-15-10(16-17-12)6-8-2-1-4-14-7-8/h3,5,8,14H,1-2,4,6-7H2. The molecule has 0 spiro atoms. The Hall–Kier alpha value is -0.720. The minimum atomic E-state index is 0.621. The Balaban J connectivity index is 1.71. The summed E-state index contributed by atoms with van der Waals surface area (Å²) in [5.74, 6) is 2.07. The highest BCUT2D eigenvalue weighted by molar-refractivity contribution is 9.10. The van der Waals surface area contributed by atoms with Gasteiger partial charge in [-0.25, -0.2) is 0 Å². The number of nitrogens with one attached hydrogen (secondary N) is 1. The molecule has 1 aliphatic rings. The van der Waals surface area contributed by atoms with Gasteiger partial charge in [0, 0.05) is 10.9 Å². The Morgan fingerprint density at radius 2 is 2.50 bits per heavy atom. The van der Waals surface area contributed by atoms with Crippen molar-refractivity contribution in [1.82, 2.24) is 15.5 Å². The lowest BCUT2D eigenvalue weighted by Gasteiger charge is -2.20. The van der Waals surface area contributed by atoms with E-state index in [1.54, 1.807) is 11.3 Å². The predicted molar refractivity (Wildman–Crippen MR) is 74.6 cm³/mol.